The standard InChI is InChI=1S/C15H23FN2/c1-11(17)15-8-3-4-9-18(15)12(2)13-6-5-7-14(16)10-13/h5-7,10-12,15H,3-4,8-9,17H2,1-2H3. The summed E-state index contributed by atoms with van der Waals surface area (Å²) in [4.78, 5) is 2.43. The molecule has 1 aromatic carbocycles. The molecule has 2 N–H and O–H groups in total. The summed E-state index contributed by atoms with van der Waals surface area (Å²) in [7, 11) is 0. The van der Waals surface area contributed by atoms with Crippen LogP contribution in [0.25, 0.3) is 0 Å². The quantitative estimate of drug-likeness (QED) is 0.893. The number of benzene rings is 1. The van der Waals surface area contributed by atoms with Gasteiger partial charge in [0.15, 0.2) is 0 Å². The summed E-state index contributed by atoms with van der Waals surface area (Å²) in [6.07, 6.45) is 3.61. The SMILES string of the molecule is CC(N)C1CCCCN1C(C)c1cccc(F)c1. The maximum atomic E-state index is 13.3. The maximum Gasteiger partial charge on any atom is 0.123 e. The van der Waals surface area contributed by atoms with E-state index in [1.165, 1.54) is 18.9 Å². The lowest BCUT2D eigenvalue weighted by Crippen LogP contribution is -2.49. The second-order valence-corrected chi connectivity index (χ2v) is 5.39. The molecule has 0 radical (unpaired) electrons. The topological polar surface area (TPSA) is 29.3 Å². The molecule has 3 heteroatoms. The number of nitrogens with two attached hydrogens (primary N) is 1. The first kappa shape index (κ1) is 13.5. The Balaban J connectivity index is 2.18. The molecule has 0 bridgehead atoms. The van der Waals surface area contributed by atoms with Gasteiger partial charge in [0, 0.05) is 18.1 Å². The van der Waals surface area contributed by atoms with E-state index in [1.807, 2.05) is 6.07 Å². The minimum Gasteiger partial charge on any atom is -0.327 e. The highest BCUT2D eigenvalue weighted by Gasteiger charge is 2.29. The van der Waals surface area contributed by atoms with Crippen LogP contribution in [0.1, 0.15) is 44.7 Å². The fourth-order valence-corrected chi connectivity index (χ4v) is 2.98. The number of piperidine rings is 1. The van der Waals surface area contributed by atoms with Crippen molar-refractivity contribution in [3.8, 4) is 0 Å². The molecule has 100 valence electrons. The van der Waals surface area contributed by atoms with E-state index in [2.05, 4.69) is 18.7 Å². The van der Waals surface area contributed by atoms with Gasteiger partial charge in [-0.3, -0.25) is 4.90 Å². The number of halogens is 1. The molecule has 3 atom stereocenters. The number of likely N-dealkylation sites (tertiary alicyclic amines) is 1. The summed E-state index contributed by atoms with van der Waals surface area (Å²) >= 11 is 0. The van der Waals surface area contributed by atoms with E-state index in [0.29, 0.717) is 6.04 Å². The average molecular weight is 250 g/mol. The fraction of sp³-hybridized carbons (Fsp3) is 0.600. The Morgan fingerprint density at radius 1 is 1.33 bits per heavy atom. The van der Waals surface area contributed by atoms with Gasteiger partial charge in [-0.1, -0.05) is 18.6 Å². The molecule has 0 saturated carbocycles. The Kier molecular flexibility index (Phi) is 4.36. The molecule has 0 aliphatic carbocycles. The second-order valence-electron chi connectivity index (χ2n) is 5.39. The van der Waals surface area contributed by atoms with Gasteiger partial charge < -0.3 is 5.73 Å². The molecule has 1 aliphatic heterocycles. The van der Waals surface area contributed by atoms with Crippen LogP contribution in [0.4, 0.5) is 4.39 Å². The smallest absolute Gasteiger partial charge is 0.123 e. The molecule has 18 heavy (non-hydrogen) atoms. The van der Waals surface area contributed by atoms with Crippen LogP contribution in [0, 0.1) is 5.82 Å². The first-order valence-electron chi connectivity index (χ1n) is 6.86. The van der Waals surface area contributed by atoms with E-state index in [0.717, 1.165) is 18.5 Å². The van der Waals surface area contributed by atoms with Crippen molar-refractivity contribution in [3.05, 3.63) is 35.6 Å². The van der Waals surface area contributed by atoms with Gasteiger partial charge in [-0.2, -0.15) is 0 Å². The lowest BCUT2D eigenvalue weighted by Gasteiger charge is -2.42. The van der Waals surface area contributed by atoms with E-state index in [4.69, 9.17) is 5.73 Å². The Bertz CT molecular complexity index is 392. The monoisotopic (exact) mass is 250 g/mol. The summed E-state index contributed by atoms with van der Waals surface area (Å²) in [6.45, 7) is 5.28. The molecule has 0 spiro atoms. The highest BCUT2D eigenvalue weighted by Crippen LogP contribution is 2.29. The molecule has 1 aliphatic rings. The molecule has 1 heterocycles. The van der Waals surface area contributed by atoms with E-state index in [1.54, 1.807) is 12.1 Å². The van der Waals surface area contributed by atoms with E-state index in [9.17, 15) is 4.39 Å². The van der Waals surface area contributed by atoms with E-state index >= 15 is 0 Å². The highest BCUT2D eigenvalue weighted by molar-refractivity contribution is 5.20. The minimum atomic E-state index is -0.159. The molecular weight excluding hydrogens is 227 g/mol. The Morgan fingerprint density at radius 2 is 2.11 bits per heavy atom. The number of nitrogens with zero attached hydrogens (tertiary/aromatic N) is 1. The Labute approximate surface area is 109 Å². The van der Waals surface area contributed by atoms with Crippen LogP contribution < -0.4 is 5.73 Å². The van der Waals surface area contributed by atoms with Crippen molar-refractivity contribution < 1.29 is 4.39 Å². The van der Waals surface area contributed by atoms with E-state index in [-0.39, 0.29) is 17.9 Å². The van der Waals surface area contributed by atoms with Crippen LogP contribution in [0.15, 0.2) is 24.3 Å². The van der Waals surface area contributed by atoms with E-state index < -0.39 is 0 Å². The second kappa shape index (κ2) is 5.81. The molecule has 2 rings (SSSR count). The molecule has 0 amide bonds. The number of rotatable bonds is 3. The fourth-order valence-electron chi connectivity index (χ4n) is 2.98. The summed E-state index contributed by atoms with van der Waals surface area (Å²) in [6, 6.07) is 7.73. The van der Waals surface area contributed by atoms with Gasteiger partial charge in [0.05, 0.1) is 0 Å². The zero-order chi connectivity index (χ0) is 13.1. The van der Waals surface area contributed by atoms with Gasteiger partial charge in [0.2, 0.25) is 0 Å². The van der Waals surface area contributed by atoms with Crippen LogP contribution in [0.2, 0.25) is 0 Å². The Hall–Kier alpha value is -0.930. The van der Waals surface area contributed by atoms with Crippen LogP contribution in [-0.2, 0) is 0 Å². The number of hydrogen-bond donors (Lipinski definition) is 1. The van der Waals surface area contributed by atoms with Gasteiger partial charge in [0.25, 0.3) is 0 Å². The molecule has 1 fully saturated rings. The predicted molar refractivity (Wildman–Crippen MR) is 72.8 cm³/mol. The van der Waals surface area contributed by atoms with Gasteiger partial charge in [0.1, 0.15) is 5.82 Å². The summed E-state index contributed by atoms with van der Waals surface area (Å²) in [5, 5.41) is 0. The summed E-state index contributed by atoms with van der Waals surface area (Å²) in [5.74, 6) is -0.159. The zero-order valence-corrected chi connectivity index (χ0v) is 11.3. The van der Waals surface area contributed by atoms with Gasteiger partial charge in [-0.25, -0.2) is 4.39 Å². The van der Waals surface area contributed by atoms with Crippen LogP contribution >= 0.6 is 0 Å². The maximum absolute atomic E-state index is 13.3. The highest BCUT2D eigenvalue weighted by atomic mass is 19.1. The first-order valence-corrected chi connectivity index (χ1v) is 6.86. The van der Waals surface area contributed by atoms with Gasteiger partial charge >= 0.3 is 0 Å². The minimum absolute atomic E-state index is 0.159. The molecular formula is C15H23FN2. The van der Waals surface area contributed by atoms with Crippen LogP contribution in [-0.4, -0.2) is 23.5 Å². The lowest BCUT2D eigenvalue weighted by molar-refractivity contribution is 0.0889. The molecule has 0 aromatic heterocycles. The van der Waals surface area contributed by atoms with Crippen molar-refractivity contribution in [1.82, 2.24) is 4.90 Å². The van der Waals surface area contributed by atoms with Crippen LogP contribution in [0.5, 0.6) is 0 Å². The number of hydrogen-bond acceptors (Lipinski definition) is 2. The third-order valence-electron chi connectivity index (χ3n) is 4.03. The summed E-state index contributed by atoms with van der Waals surface area (Å²) < 4.78 is 13.3. The molecule has 2 nitrogen and oxygen atoms in total. The third-order valence-corrected chi connectivity index (χ3v) is 4.03. The Morgan fingerprint density at radius 3 is 2.78 bits per heavy atom. The van der Waals surface area contributed by atoms with Crippen molar-refractivity contribution in [2.45, 2.75) is 51.2 Å². The van der Waals surface area contributed by atoms with Gasteiger partial charge in [-0.05, 0) is 50.9 Å². The molecule has 1 saturated heterocycles. The first-order chi connectivity index (χ1) is 8.59. The largest absolute Gasteiger partial charge is 0.327 e. The normalized spacial score (nSPS) is 24.8. The predicted octanol–water partition coefficient (Wildman–Crippen LogP) is 3.09. The third kappa shape index (κ3) is 2.90. The van der Waals surface area contributed by atoms with Gasteiger partial charge in [-0.15, -0.1) is 0 Å². The average Bonchev–Trinajstić information content (AvgIpc) is 2.38. The van der Waals surface area contributed by atoms with Crippen molar-refractivity contribution in [2.24, 2.45) is 5.73 Å². The van der Waals surface area contributed by atoms with Crippen molar-refractivity contribution >= 4 is 0 Å². The van der Waals surface area contributed by atoms with Crippen molar-refractivity contribution in [3.63, 3.8) is 0 Å². The zero-order valence-electron chi connectivity index (χ0n) is 11.3. The van der Waals surface area contributed by atoms with Crippen molar-refractivity contribution in [2.75, 3.05) is 6.54 Å². The molecule has 3 unspecified atom stereocenters. The van der Waals surface area contributed by atoms with Crippen LogP contribution in [0.3, 0.4) is 0 Å². The summed E-state index contributed by atoms with van der Waals surface area (Å²) in [5.41, 5.74) is 7.13. The lowest BCUT2D eigenvalue weighted by atomic mass is 9.93. The van der Waals surface area contributed by atoms with Crippen molar-refractivity contribution in [1.29, 1.82) is 0 Å². The molecule has 1 aromatic rings.